The zero-order chi connectivity index (χ0) is 22.7. The normalized spacial score (nSPS) is 19.7. The van der Waals surface area contributed by atoms with Gasteiger partial charge in [0.2, 0.25) is 0 Å². The van der Waals surface area contributed by atoms with Gasteiger partial charge in [-0.1, -0.05) is 72.8 Å². The zero-order valence-electron chi connectivity index (χ0n) is 18.8. The van der Waals surface area contributed by atoms with Crippen LogP contribution in [-0.2, 0) is 38.8 Å². The van der Waals surface area contributed by atoms with Crippen LogP contribution in [0.2, 0.25) is 0 Å². The monoisotopic (exact) mass is 446 g/mol. The lowest BCUT2D eigenvalue weighted by Crippen LogP contribution is -2.45. The van der Waals surface area contributed by atoms with Gasteiger partial charge in [0.05, 0.1) is 39.8 Å². The number of hydrogen-bond donors (Lipinski definition) is 0. The topological polar surface area (TPSA) is 46.2 Å². The van der Waals surface area contributed by atoms with Crippen LogP contribution in [0.4, 0.5) is 0 Å². The van der Waals surface area contributed by atoms with E-state index in [1.54, 1.807) is 13.4 Å². The summed E-state index contributed by atoms with van der Waals surface area (Å²) in [7, 11) is 1.66. The summed E-state index contributed by atoms with van der Waals surface area (Å²) < 4.78 is 29.7. The van der Waals surface area contributed by atoms with Gasteiger partial charge < -0.3 is 23.7 Å². The van der Waals surface area contributed by atoms with Gasteiger partial charge in [0.25, 0.3) is 0 Å². The molecule has 0 aliphatic carbocycles. The fourth-order valence-electron chi connectivity index (χ4n) is 3.66. The molecule has 0 amide bonds. The minimum absolute atomic E-state index is 0.255. The molecule has 1 aliphatic heterocycles. The summed E-state index contributed by atoms with van der Waals surface area (Å²) in [5.74, 6) is 0.824. The van der Waals surface area contributed by atoms with E-state index in [2.05, 4.69) is 0 Å². The highest BCUT2D eigenvalue weighted by Gasteiger charge is 2.34. The summed E-state index contributed by atoms with van der Waals surface area (Å²) in [5.41, 5.74) is 3.29. The molecule has 3 aromatic rings. The van der Waals surface area contributed by atoms with Gasteiger partial charge in [-0.3, -0.25) is 0 Å². The summed E-state index contributed by atoms with van der Waals surface area (Å²) in [6.07, 6.45) is 2.77. The first-order valence-electron chi connectivity index (χ1n) is 11.2. The Hall–Kier alpha value is -3.12. The second-order valence-corrected chi connectivity index (χ2v) is 7.89. The molecule has 5 heteroatoms. The highest BCUT2D eigenvalue weighted by atomic mass is 16.6. The SMILES string of the molecule is COc1ccc(COC2C=COC(COCc3ccccc3)[C@@H]2OCc2ccccc2)cc1. The fourth-order valence-corrected chi connectivity index (χ4v) is 3.66. The van der Waals surface area contributed by atoms with Crippen molar-refractivity contribution in [3.8, 4) is 5.75 Å². The second-order valence-electron chi connectivity index (χ2n) is 7.89. The molecular formula is C28H30O5. The van der Waals surface area contributed by atoms with Crippen molar-refractivity contribution in [1.82, 2.24) is 0 Å². The van der Waals surface area contributed by atoms with Gasteiger partial charge in [-0.2, -0.15) is 0 Å². The highest BCUT2D eigenvalue weighted by Crippen LogP contribution is 2.23. The molecule has 3 aromatic carbocycles. The smallest absolute Gasteiger partial charge is 0.150 e. The minimum Gasteiger partial charge on any atom is -0.497 e. The van der Waals surface area contributed by atoms with Gasteiger partial charge in [-0.15, -0.1) is 0 Å². The third kappa shape index (κ3) is 6.93. The van der Waals surface area contributed by atoms with Crippen LogP contribution < -0.4 is 4.74 Å². The first kappa shape index (κ1) is 23.1. The quantitative estimate of drug-likeness (QED) is 0.400. The van der Waals surface area contributed by atoms with Gasteiger partial charge >= 0.3 is 0 Å². The second kappa shape index (κ2) is 12.2. The maximum Gasteiger partial charge on any atom is 0.150 e. The van der Waals surface area contributed by atoms with Crippen molar-refractivity contribution < 1.29 is 23.7 Å². The number of benzene rings is 3. The summed E-state index contributed by atoms with van der Waals surface area (Å²) in [4.78, 5) is 0. The van der Waals surface area contributed by atoms with Crippen LogP contribution in [0.3, 0.4) is 0 Å². The Labute approximate surface area is 195 Å². The lowest BCUT2D eigenvalue weighted by atomic mass is 10.1. The average molecular weight is 447 g/mol. The molecule has 33 heavy (non-hydrogen) atoms. The Bertz CT molecular complexity index is 972. The van der Waals surface area contributed by atoms with E-state index in [9.17, 15) is 0 Å². The molecule has 1 heterocycles. The van der Waals surface area contributed by atoms with Crippen molar-refractivity contribution in [2.24, 2.45) is 0 Å². The van der Waals surface area contributed by atoms with Gasteiger partial charge in [0.1, 0.15) is 24.1 Å². The zero-order valence-corrected chi connectivity index (χ0v) is 18.8. The predicted molar refractivity (Wildman–Crippen MR) is 127 cm³/mol. The summed E-state index contributed by atoms with van der Waals surface area (Å²) in [6, 6.07) is 28.1. The molecule has 4 rings (SSSR count). The lowest BCUT2D eigenvalue weighted by molar-refractivity contribution is -0.147. The third-order valence-corrected chi connectivity index (χ3v) is 5.49. The number of methoxy groups -OCH3 is 1. The van der Waals surface area contributed by atoms with Crippen molar-refractivity contribution in [3.63, 3.8) is 0 Å². The molecule has 0 bridgehead atoms. The van der Waals surface area contributed by atoms with Crippen molar-refractivity contribution >= 4 is 0 Å². The standard InChI is InChI=1S/C28H30O5/c1-29-25-14-12-24(13-15-25)19-32-26-16-17-31-27(21-30-18-22-8-4-2-5-9-22)28(26)33-20-23-10-6-3-7-11-23/h2-17,26-28H,18-21H2,1H3/t26?,27?,28-/m1/s1. The molecule has 5 nitrogen and oxygen atoms in total. The molecule has 0 N–H and O–H groups in total. The van der Waals surface area contributed by atoms with Crippen LogP contribution in [0, 0.1) is 0 Å². The fraction of sp³-hybridized carbons (Fsp3) is 0.286. The molecule has 0 saturated carbocycles. The first-order chi connectivity index (χ1) is 16.3. The molecule has 1 aliphatic rings. The van der Waals surface area contributed by atoms with Crippen LogP contribution >= 0.6 is 0 Å². The van der Waals surface area contributed by atoms with E-state index in [-0.39, 0.29) is 18.3 Å². The molecule has 2 unspecified atom stereocenters. The lowest BCUT2D eigenvalue weighted by Gasteiger charge is -2.34. The van der Waals surface area contributed by atoms with Gasteiger partial charge in [0, 0.05) is 0 Å². The Morgan fingerprint density at radius 2 is 1.30 bits per heavy atom. The largest absolute Gasteiger partial charge is 0.497 e. The van der Waals surface area contributed by atoms with Gasteiger partial charge in [-0.25, -0.2) is 0 Å². The van der Waals surface area contributed by atoms with E-state index < -0.39 is 0 Å². The van der Waals surface area contributed by atoms with E-state index in [1.807, 2.05) is 91.0 Å². The molecule has 0 radical (unpaired) electrons. The van der Waals surface area contributed by atoms with Crippen LogP contribution in [0.15, 0.2) is 97.3 Å². The van der Waals surface area contributed by atoms with E-state index >= 15 is 0 Å². The first-order valence-corrected chi connectivity index (χ1v) is 11.2. The van der Waals surface area contributed by atoms with E-state index in [0.29, 0.717) is 26.4 Å². The maximum atomic E-state index is 6.32. The number of hydrogen-bond acceptors (Lipinski definition) is 5. The van der Waals surface area contributed by atoms with E-state index in [1.165, 1.54) is 0 Å². The Morgan fingerprint density at radius 3 is 1.97 bits per heavy atom. The minimum atomic E-state index is -0.302. The summed E-state index contributed by atoms with van der Waals surface area (Å²) in [5, 5.41) is 0. The van der Waals surface area contributed by atoms with Crippen LogP contribution in [0.1, 0.15) is 16.7 Å². The van der Waals surface area contributed by atoms with Crippen LogP contribution in [-0.4, -0.2) is 32.0 Å². The van der Waals surface area contributed by atoms with Crippen molar-refractivity contribution in [3.05, 3.63) is 114 Å². The van der Waals surface area contributed by atoms with E-state index in [4.69, 9.17) is 23.7 Å². The number of rotatable bonds is 11. The van der Waals surface area contributed by atoms with Crippen LogP contribution in [0.5, 0.6) is 5.75 Å². The highest BCUT2D eigenvalue weighted by molar-refractivity contribution is 5.26. The van der Waals surface area contributed by atoms with Crippen LogP contribution in [0.25, 0.3) is 0 Å². The molecule has 0 aromatic heterocycles. The van der Waals surface area contributed by atoms with Crippen molar-refractivity contribution in [2.45, 2.75) is 38.1 Å². The molecule has 172 valence electrons. The van der Waals surface area contributed by atoms with Crippen molar-refractivity contribution in [2.75, 3.05) is 13.7 Å². The predicted octanol–water partition coefficient (Wildman–Crippen LogP) is 5.30. The Kier molecular flexibility index (Phi) is 8.53. The molecular weight excluding hydrogens is 416 g/mol. The summed E-state index contributed by atoms with van der Waals surface area (Å²) >= 11 is 0. The Morgan fingerprint density at radius 1 is 0.697 bits per heavy atom. The maximum absolute atomic E-state index is 6.32. The van der Waals surface area contributed by atoms with Crippen molar-refractivity contribution in [1.29, 1.82) is 0 Å². The number of ether oxygens (including phenoxy) is 5. The molecule has 0 fully saturated rings. The molecule has 0 saturated heterocycles. The molecule has 3 atom stereocenters. The average Bonchev–Trinajstić information content (AvgIpc) is 2.88. The Balaban J connectivity index is 1.39. The van der Waals surface area contributed by atoms with Gasteiger partial charge in [-0.05, 0) is 34.9 Å². The van der Waals surface area contributed by atoms with E-state index in [0.717, 1.165) is 22.4 Å². The van der Waals surface area contributed by atoms with Gasteiger partial charge in [0.15, 0.2) is 0 Å². The summed E-state index contributed by atoms with van der Waals surface area (Å²) in [6.45, 7) is 1.86. The molecule has 0 spiro atoms. The third-order valence-electron chi connectivity index (χ3n) is 5.49.